The van der Waals surface area contributed by atoms with Crippen molar-refractivity contribution in [1.82, 2.24) is 25.4 Å². The van der Waals surface area contributed by atoms with E-state index in [1.54, 1.807) is 23.1 Å². The first kappa shape index (κ1) is 17.1. The summed E-state index contributed by atoms with van der Waals surface area (Å²) in [6.07, 6.45) is 3.81. The number of hydrogen-bond donors (Lipinski definition) is 2. The van der Waals surface area contributed by atoms with E-state index in [2.05, 4.69) is 20.7 Å². The van der Waals surface area contributed by atoms with Crippen LogP contribution in [0.2, 0.25) is 0 Å². The largest absolute Gasteiger partial charge is 0.375 e. The smallest absolute Gasteiger partial charge is 0.225 e. The Morgan fingerprint density at radius 3 is 3.12 bits per heavy atom. The molecule has 1 saturated heterocycles. The third-order valence-electron chi connectivity index (χ3n) is 4.42. The Bertz CT molecular complexity index is 698. The van der Waals surface area contributed by atoms with Gasteiger partial charge in [0.2, 0.25) is 5.91 Å². The molecule has 0 aliphatic carbocycles. The van der Waals surface area contributed by atoms with Crippen molar-refractivity contribution in [3.05, 3.63) is 34.0 Å². The van der Waals surface area contributed by atoms with Crippen LogP contribution < -0.4 is 10.6 Å². The summed E-state index contributed by atoms with van der Waals surface area (Å²) < 4.78 is 7.04. The highest BCUT2D eigenvalue weighted by Gasteiger charge is 2.34. The molecule has 1 amide bonds. The van der Waals surface area contributed by atoms with E-state index < -0.39 is 0 Å². The van der Waals surface area contributed by atoms with Crippen molar-refractivity contribution >= 4 is 17.2 Å². The number of methoxy groups -OCH3 is 1. The number of aryl methyl sites for hydroxylation is 1. The molecule has 2 aromatic rings. The van der Waals surface area contributed by atoms with Gasteiger partial charge in [-0.3, -0.25) is 9.48 Å². The fraction of sp³-hybridized carbons (Fsp3) is 0.562. The van der Waals surface area contributed by atoms with Crippen LogP contribution in [-0.2, 0) is 23.1 Å². The lowest BCUT2D eigenvalue weighted by molar-refractivity contribution is -0.125. The highest BCUT2D eigenvalue weighted by Crippen LogP contribution is 2.28. The fourth-order valence-corrected chi connectivity index (χ4v) is 3.79. The molecule has 1 fully saturated rings. The third kappa shape index (κ3) is 3.66. The molecule has 0 spiro atoms. The molecule has 0 saturated carbocycles. The predicted molar refractivity (Wildman–Crippen MR) is 91.7 cm³/mol. The topological polar surface area (TPSA) is 81.1 Å². The van der Waals surface area contributed by atoms with E-state index in [-0.39, 0.29) is 23.8 Å². The molecule has 3 rings (SSSR count). The Labute approximate surface area is 145 Å². The first-order valence-corrected chi connectivity index (χ1v) is 8.90. The number of aromatic nitrogens is 3. The second-order valence-corrected chi connectivity index (χ2v) is 6.98. The Hall–Kier alpha value is -1.77. The van der Waals surface area contributed by atoms with E-state index in [1.807, 2.05) is 31.7 Å². The van der Waals surface area contributed by atoms with Crippen LogP contribution in [0, 0.1) is 5.92 Å². The zero-order chi connectivity index (χ0) is 17.1. The fourth-order valence-electron chi connectivity index (χ4n) is 2.94. The Kier molecular flexibility index (Phi) is 5.27. The van der Waals surface area contributed by atoms with Crippen LogP contribution in [0.5, 0.6) is 0 Å². The highest BCUT2D eigenvalue weighted by atomic mass is 32.1. The molecule has 2 N–H and O–H groups in total. The molecule has 1 unspecified atom stereocenters. The number of nitrogens with one attached hydrogen (secondary N) is 2. The molecule has 24 heavy (non-hydrogen) atoms. The van der Waals surface area contributed by atoms with Gasteiger partial charge >= 0.3 is 0 Å². The summed E-state index contributed by atoms with van der Waals surface area (Å²) in [5, 5.41) is 13.4. The van der Waals surface area contributed by atoms with Gasteiger partial charge in [0.25, 0.3) is 0 Å². The minimum Gasteiger partial charge on any atom is -0.375 e. The Balaban J connectivity index is 1.59. The van der Waals surface area contributed by atoms with Gasteiger partial charge in [-0.2, -0.15) is 5.10 Å². The van der Waals surface area contributed by atoms with Crippen LogP contribution in [0.15, 0.2) is 17.8 Å². The lowest BCUT2D eigenvalue weighted by Gasteiger charge is -2.16. The summed E-state index contributed by atoms with van der Waals surface area (Å²) >= 11 is 1.56. The van der Waals surface area contributed by atoms with Gasteiger partial charge in [0.05, 0.1) is 24.4 Å². The zero-order valence-electron chi connectivity index (χ0n) is 14.2. The van der Waals surface area contributed by atoms with E-state index in [4.69, 9.17) is 4.74 Å². The molecular formula is C16H23N5O2S. The van der Waals surface area contributed by atoms with E-state index in [9.17, 15) is 4.79 Å². The standard InChI is InChI=1S/C16H23N5O2S/c1-10(23-3)16-20-12(9-24-16)5-18-15(22)14-7-17-6-13(14)11-4-19-21(2)8-11/h4,8-10,13-14,17H,5-7H2,1-3H3,(H,18,22)/t10?,13-,14+/m1/s1. The molecule has 3 heterocycles. The summed E-state index contributed by atoms with van der Waals surface area (Å²) in [4.78, 5) is 17.1. The number of rotatable bonds is 6. The van der Waals surface area contributed by atoms with Gasteiger partial charge in [-0.25, -0.2) is 4.98 Å². The highest BCUT2D eigenvalue weighted by molar-refractivity contribution is 7.09. The number of nitrogens with zero attached hydrogens (tertiary/aromatic N) is 3. The summed E-state index contributed by atoms with van der Waals surface area (Å²) in [6.45, 7) is 3.90. The average Bonchev–Trinajstić information content (AvgIpc) is 3.31. The number of carbonyl (C=O) groups excluding carboxylic acids is 1. The van der Waals surface area contributed by atoms with Crippen molar-refractivity contribution in [2.24, 2.45) is 13.0 Å². The summed E-state index contributed by atoms with van der Waals surface area (Å²) in [5.74, 6) is 0.145. The molecule has 1 aliphatic rings. The van der Waals surface area contributed by atoms with Crippen LogP contribution in [0.25, 0.3) is 0 Å². The quantitative estimate of drug-likeness (QED) is 0.819. The van der Waals surface area contributed by atoms with Crippen molar-refractivity contribution in [3.8, 4) is 0 Å². The first-order chi connectivity index (χ1) is 11.6. The van der Waals surface area contributed by atoms with Crippen LogP contribution >= 0.6 is 11.3 Å². The molecule has 0 bridgehead atoms. The molecule has 2 aromatic heterocycles. The minimum atomic E-state index is -0.0785. The van der Waals surface area contributed by atoms with Crippen LogP contribution in [0.4, 0.5) is 0 Å². The van der Waals surface area contributed by atoms with Crippen molar-refractivity contribution in [1.29, 1.82) is 0 Å². The minimum absolute atomic E-state index is 0.0200. The van der Waals surface area contributed by atoms with E-state index >= 15 is 0 Å². The Morgan fingerprint density at radius 2 is 2.42 bits per heavy atom. The maximum atomic E-state index is 12.6. The predicted octanol–water partition coefficient (Wildman–Crippen LogP) is 1.20. The molecule has 1 aliphatic heterocycles. The SMILES string of the molecule is COC(C)c1nc(CNC(=O)[C@H]2CNC[C@@H]2c2cnn(C)c2)cs1. The van der Waals surface area contributed by atoms with Gasteiger partial charge in [0.1, 0.15) is 11.1 Å². The van der Waals surface area contributed by atoms with Gasteiger partial charge in [-0.05, 0) is 12.5 Å². The van der Waals surface area contributed by atoms with E-state index in [0.29, 0.717) is 13.1 Å². The van der Waals surface area contributed by atoms with Crippen molar-refractivity contribution in [2.75, 3.05) is 20.2 Å². The third-order valence-corrected chi connectivity index (χ3v) is 5.47. The van der Waals surface area contributed by atoms with Crippen molar-refractivity contribution in [3.63, 3.8) is 0 Å². The maximum Gasteiger partial charge on any atom is 0.225 e. The van der Waals surface area contributed by atoms with Crippen LogP contribution in [0.1, 0.15) is 35.2 Å². The average molecular weight is 349 g/mol. The number of amides is 1. The van der Waals surface area contributed by atoms with Gasteiger partial charge < -0.3 is 15.4 Å². The molecule has 8 heteroatoms. The molecule has 0 aromatic carbocycles. The second kappa shape index (κ2) is 7.42. The zero-order valence-corrected chi connectivity index (χ0v) is 15.0. The van der Waals surface area contributed by atoms with Crippen molar-refractivity contribution < 1.29 is 9.53 Å². The monoisotopic (exact) mass is 349 g/mol. The first-order valence-electron chi connectivity index (χ1n) is 8.02. The molecule has 7 nitrogen and oxygen atoms in total. The van der Waals surface area contributed by atoms with Gasteiger partial charge in [0, 0.05) is 44.7 Å². The lowest BCUT2D eigenvalue weighted by Crippen LogP contribution is -2.34. The molecule has 130 valence electrons. The maximum absolute atomic E-state index is 12.6. The van der Waals surface area contributed by atoms with Crippen LogP contribution in [0.3, 0.4) is 0 Å². The molecular weight excluding hydrogens is 326 g/mol. The lowest BCUT2D eigenvalue weighted by atomic mass is 9.90. The Morgan fingerprint density at radius 1 is 1.58 bits per heavy atom. The normalized spacial score (nSPS) is 21.8. The van der Waals surface area contributed by atoms with Gasteiger partial charge in [-0.1, -0.05) is 0 Å². The van der Waals surface area contributed by atoms with Crippen LogP contribution in [-0.4, -0.2) is 40.9 Å². The summed E-state index contributed by atoms with van der Waals surface area (Å²) in [5.41, 5.74) is 1.98. The molecule has 3 atom stereocenters. The number of hydrogen-bond acceptors (Lipinski definition) is 6. The number of ether oxygens (including phenoxy) is 1. The van der Waals surface area contributed by atoms with E-state index in [1.165, 1.54) is 0 Å². The van der Waals surface area contributed by atoms with Crippen molar-refractivity contribution in [2.45, 2.75) is 25.5 Å². The second-order valence-electron chi connectivity index (χ2n) is 6.09. The molecule has 0 radical (unpaired) electrons. The number of thiazole rings is 1. The summed E-state index contributed by atoms with van der Waals surface area (Å²) in [7, 11) is 3.56. The van der Waals surface area contributed by atoms with Gasteiger partial charge in [0.15, 0.2) is 0 Å². The van der Waals surface area contributed by atoms with Gasteiger partial charge in [-0.15, -0.1) is 11.3 Å². The number of carbonyl (C=O) groups is 1. The van der Waals surface area contributed by atoms with E-state index in [0.717, 1.165) is 22.8 Å². The summed E-state index contributed by atoms with van der Waals surface area (Å²) in [6, 6.07) is 0.